The first-order chi connectivity index (χ1) is 13.5. The first kappa shape index (κ1) is 20.0. The quantitative estimate of drug-likeness (QED) is 0.630. The van der Waals surface area contributed by atoms with Crippen molar-refractivity contribution in [3.63, 3.8) is 0 Å². The summed E-state index contributed by atoms with van der Waals surface area (Å²) in [6.45, 7) is 4.18. The van der Waals surface area contributed by atoms with Gasteiger partial charge in [-0.2, -0.15) is 0 Å². The third kappa shape index (κ3) is 4.77. The lowest BCUT2D eigenvalue weighted by atomic mass is 10.1. The van der Waals surface area contributed by atoms with Gasteiger partial charge in [0.25, 0.3) is 0 Å². The van der Waals surface area contributed by atoms with Gasteiger partial charge in [-0.1, -0.05) is 42.8 Å². The molecule has 1 N–H and O–H groups in total. The smallest absolute Gasteiger partial charge is 0.247 e. The molecule has 3 rings (SSSR count). The molecule has 1 atom stereocenters. The third-order valence-electron chi connectivity index (χ3n) is 4.60. The maximum atomic E-state index is 12.5. The number of aryl methyl sites for hydroxylation is 1. The Balaban J connectivity index is 1.64. The Labute approximate surface area is 169 Å². The molecular weight excluding hydrogens is 376 g/mol. The second-order valence-electron chi connectivity index (χ2n) is 6.61. The van der Waals surface area contributed by atoms with Crippen LogP contribution in [0.15, 0.2) is 52.9 Å². The van der Waals surface area contributed by atoms with Crippen molar-refractivity contribution in [1.29, 1.82) is 0 Å². The predicted molar refractivity (Wildman–Crippen MR) is 110 cm³/mol. The summed E-state index contributed by atoms with van der Waals surface area (Å²) in [5.74, 6) is 0.753. The summed E-state index contributed by atoms with van der Waals surface area (Å²) >= 11 is 6.02. The SMILES string of the molecule is CCc1ccccc1NC(=O)CN(C)C(C)c1nnc(-c2cccc(Cl)c2)o1. The Morgan fingerprint density at radius 1 is 1.21 bits per heavy atom. The fraction of sp³-hybridized carbons (Fsp3) is 0.286. The molecule has 0 aliphatic heterocycles. The van der Waals surface area contributed by atoms with E-state index < -0.39 is 0 Å². The number of nitrogens with zero attached hydrogens (tertiary/aromatic N) is 3. The first-order valence-electron chi connectivity index (χ1n) is 9.15. The number of amides is 1. The first-order valence-corrected chi connectivity index (χ1v) is 9.53. The highest BCUT2D eigenvalue weighted by Crippen LogP contribution is 2.25. The number of anilines is 1. The maximum Gasteiger partial charge on any atom is 0.247 e. The van der Waals surface area contributed by atoms with Crippen LogP contribution in [0.25, 0.3) is 11.5 Å². The predicted octanol–water partition coefficient (Wildman–Crippen LogP) is 4.58. The van der Waals surface area contributed by atoms with Crippen LogP contribution in [-0.4, -0.2) is 34.6 Å². The van der Waals surface area contributed by atoms with Crippen LogP contribution >= 0.6 is 11.6 Å². The molecule has 0 radical (unpaired) electrons. The van der Waals surface area contributed by atoms with Crippen molar-refractivity contribution < 1.29 is 9.21 Å². The Morgan fingerprint density at radius 2 is 2.00 bits per heavy atom. The van der Waals surface area contributed by atoms with E-state index in [0.29, 0.717) is 16.8 Å². The molecule has 3 aromatic rings. The molecule has 0 saturated heterocycles. The minimum absolute atomic E-state index is 0.0928. The molecular formula is C21H23ClN4O2. The Hall–Kier alpha value is -2.70. The monoisotopic (exact) mass is 398 g/mol. The van der Waals surface area contributed by atoms with Crippen molar-refractivity contribution in [2.45, 2.75) is 26.3 Å². The Kier molecular flexibility index (Phi) is 6.44. The lowest BCUT2D eigenvalue weighted by Crippen LogP contribution is -2.32. The van der Waals surface area contributed by atoms with Crippen LogP contribution in [0.2, 0.25) is 5.02 Å². The fourth-order valence-corrected chi connectivity index (χ4v) is 3.02. The van der Waals surface area contributed by atoms with Crippen LogP contribution in [0.5, 0.6) is 0 Å². The number of nitrogens with one attached hydrogen (secondary N) is 1. The van der Waals surface area contributed by atoms with Gasteiger partial charge in [0.1, 0.15) is 0 Å². The van der Waals surface area contributed by atoms with E-state index in [0.717, 1.165) is 23.2 Å². The minimum Gasteiger partial charge on any atom is -0.419 e. The molecule has 0 aliphatic rings. The zero-order valence-electron chi connectivity index (χ0n) is 16.1. The van der Waals surface area contributed by atoms with Crippen molar-refractivity contribution in [2.75, 3.05) is 18.9 Å². The molecule has 1 unspecified atom stereocenters. The summed E-state index contributed by atoms with van der Waals surface area (Å²) in [5.41, 5.74) is 2.71. The van der Waals surface area contributed by atoms with Crippen LogP contribution in [0.1, 0.15) is 31.3 Å². The number of benzene rings is 2. The zero-order valence-corrected chi connectivity index (χ0v) is 16.9. The van der Waals surface area contributed by atoms with Gasteiger partial charge in [-0.15, -0.1) is 10.2 Å². The lowest BCUT2D eigenvalue weighted by molar-refractivity contribution is -0.117. The number of para-hydroxylation sites is 1. The van der Waals surface area contributed by atoms with Gasteiger partial charge in [-0.25, -0.2) is 0 Å². The average molecular weight is 399 g/mol. The highest BCUT2D eigenvalue weighted by molar-refractivity contribution is 6.30. The topological polar surface area (TPSA) is 71.3 Å². The molecule has 6 nitrogen and oxygen atoms in total. The number of hydrogen-bond acceptors (Lipinski definition) is 5. The van der Waals surface area contributed by atoms with E-state index in [4.69, 9.17) is 16.0 Å². The second kappa shape index (κ2) is 8.99. The van der Waals surface area contributed by atoms with Gasteiger partial charge in [0.05, 0.1) is 12.6 Å². The summed E-state index contributed by atoms with van der Waals surface area (Å²) in [5, 5.41) is 11.8. The fourth-order valence-electron chi connectivity index (χ4n) is 2.83. The summed E-state index contributed by atoms with van der Waals surface area (Å²) < 4.78 is 5.79. The van der Waals surface area contributed by atoms with Crippen molar-refractivity contribution in [3.8, 4) is 11.5 Å². The van der Waals surface area contributed by atoms with Crippen LogP contribution < -0.4 is 5.32 Å². The van der Waals surface area contributed by atoms with Crippen LogP contribution in [0, 0.1) is 0 Å². The van der Waals surface area contributed by atoms with E-state index >= 15 is 0 Å². The highest BCUT2D eigenvalue weighted by atomic mass is 35.5. The maximum absolute atomic E-state index is 12.5. The Morgan fingerprint density at radius 3 is 2.75 bits per heavy atom. The molecule has 7 heteroatoms. The molecule has 0 bridgehead atoms. The van der Waals surface area contributed by atoms with Crippen molar-refractivity contribution in [2.24, 2.45) is 0 Å². The Bertz CT molecular complexity index is 957. The molecule has 0 fully saturated rings. The van der Waals surface area contributed by atoms with Gasteiger partial charge in [0.2, 0.25) is 17.7 Å². The number of aromatic nitrogens is 2. The van der Waals surface area contributed by atoms with E-state index in [-0.39, 0.29) is 18.5 Å². The highest BCUT2D eigenvalue weighted by Gasteiger charge is 2.21. The van der Waals surface area contributed by atoms with E-state index in [1.165, 1.54) is 0 Å². The molecule has 0 spiro atoms. The van der Waals surface area contributed by atoms with Crippen molar-refractivity contribution in [1.82, 2.24) is 15.1 Å². The van der Waals surface area contributed by atoms with Crippen molar-refractivity contribution in [3.05, 3.63) is 65.0 Å². The lowest BCUT2D eigenvalue weighted by Gasteiger charge is -2.21. The van der Waals surface area contributed by atoms with Crippen LogP contribution in [0.3, 0.4) is 0 Å². The number of rotatable bonds is 7. The van der Waals surface area contributed by atoms with E-state index in [1.807, 2.05) is 55.3 Å². The van der Waals surface area contributed by atoms with E-state index in [1.54, 1.807) is 12.1 Å². The molecule has 0 aliphatic carbocycles. The largest absolute Gasteiger partial charge is 0.419 e. The summed E-state index contributed by atoms with van der Waals surface area (Å²) in [4.78, 5) is 14.3. The van der Waals surface area contributed by atoms with E-state index in [2.05, 4.69) is 22.4 Å². The van der Waals surface area contributed by atoms with Crippen molar-refractivity contribution >= 4 is 23.2 Å². The summed E-state index contributed by atoms with van der Waals surface area (Å²) in [6.07, 6.45) is 0.858. The third-order valence-corrected chi connectivity index (χ3v) is 4.83. The molecule has 28 heavy (non-hydrogen) atoms. The zero-order chi connectivity index (χ0) is 20.1. The molecule has 1 heterocycles. The summed E-state index contributed by atoms with van der Waals surface area (Å²) in [6, 6.07) is 14.8. The number of likely N-dealkylation sites (N-methyl/N-ethyl adjacent to an activating group) is 1. The van der Waals surface area contributed by atoms with Gasteiger partial charge in [0.15, 0.2) is 0 Å². The van der Waals surface area contributed by atoms with Gasteiger partial charge < -0.3 is 9.73 Å². The van der Waals surface area contributed by atoms with Crippen LogP contribution in [0.4, 0.5) is 5.69 Å². The van der Waals surface area contributed by atoms with E-state index in [9.17, 15) is 4.79 Å². The van der Waals surface area contributed by atoms with Gasteiger partial charge in [-0.05, 0) is 50.2 Å². The average Bonchev–Trinajstić information content (AvgIpc) is 3.18. The minimum atomic E-state index is -0.215. The molecule has 146 valence electrons. The molecule has 1 aromatic heterocycles. The normalized spacial score (nSPS) is 12.2. The van der Waals surface area contributed by atoms with Crippen LogP contribution in [-0.2, 0) is 11.2 Å². The molecule has 0 saturated carbocycles. The number of carbonyl (C=O) groups is 1. The number of carbonyl (C=O) groups excluding carboxylic acids is 1. The molecule has 1 amide bonds. The second-order valence-corrected chi connectivity index (χ2v) is 7.04. The van der Waals surface area contributed by atoms with Gasteiger partial charge in [-0.3, -0.25) is 9.69 Å². The standard InChI is InChI=1S/C21H23ClN4O2/c1-4-15-8-5-6-11-18(15)23-19(27)13-26(3)14(2)20-24-25-21(28-20)16-9-7-10-17(22)12-16/h5-12,14H,4,13H2,1-3H3,(H,23,27). The number of hydrogen-bond donors (Lipinski definition) is 1. The van der Waals surface area contributed by atoms with Gasteiger partial charge >= 0.3 is 0 Å². The summed E-state index contributed by atoms with van der Waals surface area (Å²) in [7, 11) is 1.85. The van der Waals surface area contributed by atoms with Gasteiger partial charge in [0, 0.05) is 16.3 Å². The number of halogens is 1. The molecule has 2 aromatic carbocycles.